The quantitative estimate of drug-likeness (QED) is 0.412. The van der Waals surface area contributed by atoms with E-state index in [0.717, 1.165) is 24.6 Å². The molecule has 13 heavy (non-hydrogen) atoms. The predicted molar refractivity (Wildman–Crippen MR) is 58.1 cm³/mol. The largest absolute Gasteiger partial charge is 0.465 e. The van der Waals surface area contributed by atoms with Gasteiger partial charge in [0, 0.05) is 5.33 Å². The summed E-state index contributed by atoms with van der Waals surface area (Å²) in [6.45, 7) is 6.48. The Hall–Kier alpha value is -0.0500. The smallest absolute Gasteiger partial charge is 0.311 e. The first-order valence-corrected chi connectivity index (χ1v) is 5.90. The second-order valence-electron chi connectivity index (χ2n) is 3.81. The van der Waals surface area contributed by atoms with E-state index in [1.165, 1.54) is 0 Å². The van der Waals surface area contributed by atoms with Crippen molar-refractivity contribution in [2.75, 3.05) is 11.9 Å². The summed E-state index contributed by atoms with van der Waals surface area (Å²) in [7, 11) is 0. The van der Waals surface area contributed by atoms with E-state index in [4.69, 9.17) is 4.74 Å². The molecule has 0 aliphatic heterocycles. The molecule has 0 N–H and O–H groups in total. The number of ether oxygens (including phenoxy) is 1. The van der Waals surface area contributed by atoms with Gasteiger partial charge >= 0.3 is 5.97 Å². The standard InChI is InChI=1S/C10H19BrO2/c1-4-5-8-13-9(12)10(2,3)6-7-11/h4-8H2,1-3H3. The van der Waals surface area contributed by atoms with Gasteiger partial charge in [0.2, 0.25) is 0 Å². The number of rotatable bonds is 6. The Kier molecular flexibility index (Phi) is 6.39. The first kappa shape index (κ1) is 12.9. The van der Waals surface area contributed by atoms with Gasteiger partial charge in [0.05, 0.1) is 12.0 Å². The van der Waals surface area contributed by atoms with Crippen LogP contribution in [0.1, 0.15) is 40.0 Å². The van der Waals surface area contributed by atoms with Crippen LogP contribution in [0.25, 0.3) is 0 Å². The minimum absolute atomic E-state index is 0.0830. The number of carbonyl (C=O) groups excluding carboxylic acids is 1. The first-order chi connectivity index (χ1) is 6.04. The molecule has 0 aliphatic rings. The highest BCUT2D eigenvalue weighted by molar-refractivity contribution is 9.09. The van der Waals surface area contributed by atoms with E-state index in [1.807, 2.05) is 13.8 Å². The van der Waals surface area contributed by atoms with Gasteiger partial charge in [-0.25, -0.2) is 0 Å². The fraction of sp³-hybridized carbons (Fsp3) is 0.900. The average molecular weight is 251 g/mol. The summed E-state index contributed by atoms with van der Waals surface area (Å²) in [6.07, 6.45) is 2.83. The van der Waals surface area contributed by atoms with E-state index in [-0.39, 0.29) is 11.4 Å². The molecule has 0 heterocycles. The van der Waals surface area contributed by atoms with Crippen molar-refractivity contribution in [3.63, 3.8) is 0 Å². The molecule has 0 radical (unpaired) electrons. The zero-order chi connectivity index (χ0) is 10.3. The van der Waals surface area contributed by atoms with Crippen LogP contribution in [0.3, 0.4) is 0 Å². The summed E-state index contributed by atoms with van der Waals surface area (Å²) in [6, 6.07) is 0. The zero-order valence-corrected chi connectivity index (χ0v) is 10.3. The van der Waals surface area contributed by atoms with E-state index in [0.29, 0.717) is 6.61 Å². The highest BCUT2D eigenvalue weighted by Gasteiger charge is 2.28. The van der Waals surface area contributed by atoms with Crippen LogP contribution in [0.15, 0.2) is 0 Å². The van der Waals surface area contributed by atoms with E-state index in [1.54, 1.807) is 0 Å². The van der Waals surface area contributed by atoms with Gasteiger partial charge in [-0.1, -0.05) is 29.3 Å². The van der Waals surface area contributed by atoms with Crippen LogP contribution in [-0.4, -0.2) is 17.9 Å². The molecule has 0 aliphatic carbocycles. The molecule has 0 aromatic carbocycles. The molecule has 0 aromatic rings. The lowest BCUT2D eigenvalue weighted by Crippen LogP contribution is -2.27. The SMILES string of the molecule is CCCCOC(=O)C(C)(C)CCBr. The summed E-state index contributed by atoms with van der Waals surface area (Å²) in [5.74, 6) is -0.0830. The predicted octanol–water partition coefficient (Wildman–Crippen LogP) is 3.14. The first-order valence-electron chi connectivity index (χ1n) is 4.77. The molecule has 0 amide bonds. The van der Waals surface area contributed by atoms with Gasteiger partial charge in [-0.05, 0) is 26.7 Å². The number of unbranched alkanes of at least 4 members (excludes halogenated alkanes) is 1. The molecule has 78 valence electrons. The van der Waals surface area contributed by atoms with Crippen LogP contribution in [-0.2, 0) is 9.53 Å². The second-order valence-corrected chi connectivity index (χ2v) is 4.61. The normalized spacial score (nSPS) is 11.4. The summed E-state index contributed by atoms with van der Waals surface area (Å²) >= 11 is 3.33. The average Bonchev–Trinajstić information content (AvgIpc) is 2.04. The third-order valence-corrected chi connectivity index (χ3v) is 2.40. The molecule has 0 saturated carbocycles. The fourth-order valence-corrected chi connectivity index (χ4v) is 1.83. The molecule has 0 fully saturated rings. The van der Waals surface area contributed by atoms with Gasteiger partial charge in [-0.15, -0.1) is 0 Å². The minimum Gasteiger partial charge on any atom is -0.465 e. The third-order valence-electron chi connectivity index (χ3n) is 2.00. The lowest BCUT2D eigenvalue weighted by molar-refractivity contribution is -0.154. The van der Waals surface area contributed by atoms with Crippen molar-refractivity contribution in [1.29, 1.82) is 0 Å². The molecule has 0 saturated heterocycles. The summed E-state index contributed by atoms with van der Waals surface area (Å²) in [5.41, 5.74) is -0.350. The molecule has 0 aromatic heterocycles. The van der Waals surface area contributed by atoms with E-state index < -0.39 is 0 Å². The van der Waals surface area contributed by atoms with E-state index in [9.17, 15) is 4.79 Å². The van der Waals surface area contributed by atoms with Crippen molar-refractivity contribution in [2.45, 2.75) is 40.0 Å². The van der Waals surface area contributed by atoms with Crippen molar-refractivity contribution in [3.05, 3.63) is 0 Å². The number of carbonyl (C=O) groups is 1. The van der Waals surface area contributed by atoms with Crippen molar-refractivity contribution < 1.29 is 9.53 Å². The molecule has 3 heteroatoms. The molecule has 0 bridgehead atoms. The minimum atomic E-state index is -0.350. The molecule has 0 atom stereocenters. The number of halogens is 1. The Morgan fingerprint density at radius 2 is 2.08 bits per heavy atom. The molecular formula is C10H19BrO2. The summed E-state index contributed by atoms with van der Waals surface area (Å²) in [4.78, 5) is 11.5. The Bertz CT molecular complexity index is 155. The number of hydrogen-bond donors (Lipinski definition) is 0. The van der Waals surface area contributed by atoms with Gasteiger partial charge in [-0.2, -0.15) is 0 Å². The lowest BCUT2D eigenvalue weighted by Gasteiger charge is -2.21. The van der Waals surface area contributed by atoms with Gasteiger partial charge in [0.25, 0.3) is 0 Å². The van der Waals surface area contributed by atoms with Gasteiger partial charge < -0.3 is 4.74 Å². The van der Waals surface area contributed by atoms with Crippen LogP contribution in [0.5, 0.6) is 0 Å². The van der Waals surface area contributed by atoms with Gasteiger partial charge in [-0.3, -0.25) is 4.79 Å². The zero-order valence-electron chi connectivity index (χ0n) is 8.73. The maximum Gasteiger partial charge on any atom is 0.311 e. The Morgan fingerprint density at radius 1 is 1.46 bits per heavy atom. The van der Waals surface area contributed by atoms with Crippen molar-refractivity contribution >= 4 is 21.9 Å². The van der Waals surface area contributed by atoms with Crippen molar-refractivity contribution in [1.82, 2.24) is 0 Å². The van der Waals surface area contributed by atoms with Gasteiger partial charge in [0.15, 0.2) is 0 Å². The van der Waals surface area contributed by atoms with Crippen LogP contribution in [0.2, 0.25) is 0 Å². The maximum atomic E-state index is 11.5. The molecule has 2 nitrogen and oxygen atoms in total. The monoisotopic (exact) mass is 250 g/mol. The van der Waals surface area contributed by atoms with Crippen molar-refractivity contribution in [2.24, 2.45) is 5.41 Å². The van der Waals surface area contributed by atoms with Crippen LogP contribution >= 0.6 is 15.9 Å². The molecule has 0 spiro atoms. The summed E-state index contributed by atoms with van der Waals surface area (Å²) < 4.78 is 5.14. The highest BCUT2D eigenvalue weighted by Crippen LogP contribution is 2.23. The third kappa shape index (κ3) is 5.29. The summed E-state index contributed by atoms with van der Waals surface area (Å²) in [5, 5.41) is 0.836. The maximum absolute atomic E-state index is 11.5. The number of esters is 1. The highest BCUT2D eigenvalue weighted by atomic mass is 79.9. The molecular weight excluding hydrogens is 232 g/mol. The Balaban J connectivity index is 3.80. The fourth-order valence-electron chi connectivity index (χ4n) is 0.843. The van der Waals surface area contributed by atoms with E-state index in [2.05, 4.69) is 22.9 Å². The van der Waals surface area contributed by atoms with Gasteiger partial charge in [0.1, 0.15) is 0 Å². The molecule has 0 unspecified atom stereocenters. The number of alkyl halides is 1. The molecule has 0 rings (SSSR count). The van der Waals surface area contributed by atoms with Crippen LogP contribution in [0, 0.1) is 5.41 Å². The Labute approximate surface area is 89.2 Å². The van der Waals surface area contributed by atoms with E-state index >= 15 is 0 Å². The second kappa shape index (κ2) is 6.41. The van der Waals surface area contributed by atoms with Crippen LogP contribution < -0.4 is 0 Å². The van der Waals surface area contributed by atoms with Crippen molar-refractivity contribution in [3.8, 4) is 0 Å². The lowest BCUT2D eigenvalue weighted by atomic mass is 9.91. The number of hydrogen-bond acceptors (Lipinski definition) is 2. The Morgan fingerprint density at radius 3 is 2.54 bits per heavy atom. The topological polar surface area (TPSA) is 26.3 Å². The van der Waals surface area contributed by atoms with Crippen LogP contribution in [0.4, 0.5) is 0 Å².